The molecule has 7 heteroatoms. The molecule has 2 heterocycles. The fourth-order valence-electron chi connectivity index (χ4n) is 3.29. The number of methoxy groups -OCH3 is 2. The zero-order valence-electron chi connectivity index (χ0n) is 16.3. The van der Waals surface area contributed by atoms with E-state index in [1.165, 1.54) is 0 Å². The maximum atomic E-state index is 5.29. The minimum Gasteiger partial charge on any atom is -0.497 e. The first-order chi connectivity index (χ1) is 14.2. The number of aromatic amines is 2. The Balaban J connectivity index is 1.71. The van der Waals surface area contributed by atoms with Crippen LogP contribution in [0.5, 0.6) is 11.5 Å². The Morgan fingerprint density at radius 1 is 0.828 bits per heavy atom. The van der Waals surface area contributed by atoms with E-state index in [9.17, 15) is 0 Å². The maximum absolute atomic E-state index is 5.29. The van der Waals surface area contributed by atoms with Crippen molar-refractivity contribution in [3.05, 3.63) is 76.7 Å². The number of imidazole rings is 1. The molecule has 0 saturated heterocycles. The van der Waals surface area contributed by atoms with Crippen LogP contribution in [0.3, 0.4) is 0 Å². The van der Waals surface area contributed by atoms with Crippen LogP contribution in [0.15, 0.2) is 60.8 Å². The molecule has 29 heavy (non-hydrogen) atoms. The maximum Gasteiger partial charge on any atom is 0.175 e. The van der Waals surface area contributed by atoms with Gasteiger partial charge in [0.2, 0.25) is 0 Å². The van der Waals surface area contributed by atoms with E-state index >= 15 is 0 Å². The highest BCUT2D eigenvalue weighted by molar-refractivity contribution is 7.71. The summed E-state index contributed by atoms with van der Waals surface area (Å²) in [6.07, 6.45) is 1.80. The summed E-state index contributed by atoms with van der Waals surface area (Å²) in [6.45, 7) is 1.38. The fraction of sp³-hybridized carbons (Fsp3) is 0.182. The molecule has 4 rings (SSSR count). The lowest BCUT2D eigenvalue weighted by Crippen LogP contribution is -2.23. The van der Waals surface area contributed by atoms with Gasteiger partial charge < -0.3 is 24.3 Å². The van der Waals surface area contributed by atoms with Crippen molar-refractivity contribution in [1.29, 1.82) is 0 Å². The fourth-order valence-corrected chi connectivity index (χ4v) is 3.51. The number of rotatable bonds is 7. The number of nitrogens with one attached hydrogen (secondary N) is 2. The Morgan fingerprint density at radius 2 is 1.38 bits per heavy atom. The van der Waals surface area contributed by atoms with Gasteiger partial charge in [-0.15, -0.1) is 0 Å². The van der Waals surface area contributed by atoms with Crippen LogP contribution in [0.25, 0.3) is 11.0 Å². The number of hydrogen-bond donors (Lipinski definition) is 2. The van der Waals surface area contributed by atoms with Gasteiger partial charge in [0.1, 0.15) is 17.0 Å². The SMILES string of the molecule is COc1ccc(CN(Cc2ccc(OC)cc2)c2nccc3[nH]c(=S)[nH]c23)cc1. The van der Waals surface area contributed by atoms with E-state index in [0.29, 0.717) is 17.9 Å². The number of hydrogen-bond acceptors (Lipinski definition) is 5. The number of fused-ring (bicyclic) bond motifs is 1. The van der Waals surface area contributed by atoms with E-state index in [2.05, 4.69) is 44.1 Å². The van der Waals surface area contributed by atoms with Crippen molar-refractivity contribution in [2.45, 2.75) is 13.1 Å². The molecule has 0 bridgehead atoms. The van der Waals surface area contributed by atoms with E-state index in [1.54, 1.807) is 20.4 Å². The number of nitrogens with zero attached hydrogens (tertiary/aromatic N) is 2. The Morgan fingerprint density at radius 3 is 1.90 bits per heavy atom. The first-order valence-corrected chi connectivity index (χ1v) is 9.65. The summed E-state index contributed by atoms with van der Waals surface area (Å²) in [5, 5.41) is 0. The molecular weight excluding hydrogens is 384 g/mol. The molecule has 0 unspecified atom stereocenters. The minimum atomic E-state index is 0.586. The molecule has 0 radical (unpaired) electrons. The molecule has 0 aliphatic heterocycles. The first kappa shape index (κ1) is 19.0. The smallest absolute Gasteiger partial charge is 0.175 e. The number of anilines is 1. The average Bonchev–Trinajstić information content (AvgIpc) is 3.14. The monoisotopic (exact) mass is 406 g/mol. The van der Waals surface area contributed by atoms with Crippen molar-refractivity contribution in [2.24, 2.45) is 0 Å². The van der Waals surface area contributed by atoms with Crippen molar-refractivity contribution >= 4 is 29.1 Å². The van der Waals surface area contributed by atoms with Gasteiger partial charge in [-0.05, 0) is 53.7 Å². The van der Waals surface area contributed by atoms with Gasteiger partial charge in [0.05, 0.1) is 19.7 Å². The van der Waals surface area contributed by atoms with E-state index in [-0.39, 0.29) is 0 Å². The Labute approximate surface area is 174 Å². The molecule has 2 N–H and O–H groups in total. The molecule has 0 fully saturated rings. The molecule has 2 aromatic carbocycles. The normalized spacial score (nSPS) is 10.8. The van der Waals surface area contributed by atoms with Crippen LogP contribution in [-0.2, 0) is 13.1 Å². The van der Waals surface area contributed by atoms with Crippen molar-refractivity contribution < 1.29 is 9.47 Å². The molecule has 0 aliphatic rings. The van der Waals surface area contributed by atoms with Crippen LogP contribution in [0.2, 0.25) is 0 Å². The van der Waals surface area contributed by atoms with Crippen LogP contribution in [0, 0.1) is 4.77 Å². The van der Waals surface area contributed by atoms with Gasteiger partial charge in [0.25, 0.3) is 0 Å². The first-order valence-electron chi connectivity index (χ1n) is 9.24. The molecule has 6 nitrogen and oxygen atoms in total. The van der Waals surface area contributed by atoms with Crippen molar-refractivity contribution in [3.8, 4) is 11.5 Å². The topological polar surface area (TPSA) is 66.2 Å². The summed E-state index contributed by atoms with van der Waals surface area (Å²) in [5.74, 6) is 2.53. The second kappa shape index (κ2) is 8.36. The number of H-pyrrole nitrogens is 2. The molecule has 148 valence electrons. The number of aromatic nitrogens is 3. The lowest BCUT2D eigenvalue weighted by atomic mass is 10.1. The van der Waals surface area contributed by atoms with Crippen LogP contribution in [0.4, 0.5) is 5.82 Å². The highest BCUT2D eigenvalue weighted by atomic mass is 32.1. The predicted molar refractivity (Wildman–Crippen MR) is 117 cm³/mol. The van der Waals surface area contributed by atoms with Crippen LogP contribution >= 0.6 is 12.2 Å². The van der Waals surface area contributed by atoms with Gasteiger partial charge in [-0.25, -0.2) is 4.98 Å². The molecule has 0 aliphatic carbocycles. The quantitative estimate of drug-likeness (QED) is 0.430. The molecule has 0 saturated carbocycles. The molecule has 0 amide bonds. The van der Waals surface area contributed by atoms with Gasteiger partial charge in [-0.2, -0.15) is 0 Å². The Bertz CT molecular complexity index is 1100. The third-order valence-corrected chi connectivity index (χ3v) is 4.99. The third-order valence-electron chi connectivity index (χ3n) is 4.78. The van der Waals surface area contributed by atoms with Crippen LogP contribution in [0.1, 0.15) is 11.1 Å². The van der Waals surface area contributed by atoms with Crippen LogP contribution < -0.4 is 14.4 Å². The third kappa shape index (κ3) is 4.25. The largest absolute Gasteiger partial charge is 0.497 e. The Kier molecular flexibility index (Phi) is 5.48. The number of pyridine rings is 1. The standard InChI is InChI=1S/C22H22N4O2S/c1-27-17-7-3-15(4-8-17)13-26(14-16-5-9-18(28-2)10-6-16)21-20-19(11-12-23-21)24-22(29)25-20/h3-12H,13-14H2,1-2H3,(H2,24,25,29). The number of ether oxygens (including phenoxy) is 2. The second-order valence-electron chi connectivity index (χ2n) is 6.69. The predicted octanol–water partition coefficient (Wildman–Crippen LogP) is 4.84. The summed E-state index contributed by atoms with van der Waals surface area (Å²) in [5.41, 5.74) is 4.16. The van der Waals surface area contributed by atoms with Gasteiger partial charge in [0, 0.05) is 19.3 Å². The minimum absolute atomic E-state index is 0.586. The molecule has 0 spiro atoms. The van der Waals surface area contributed by atoms with Gasteiger partial charge in [-0.1, -0.05) is 24.3 Å². The second-order valence-corrected chi connectivity index (χ2v) is 7.10. The zero-order valence-corrected chi connectivity index (χ0v) is 17.1. The van der Waals surface area contributed by atoms with Crippen LogP contribution in [-0.4, -0.2) is 29.2 Å². The van der Waals surface area contributed by atoms with Crippen molar-refractivity contribution in [3.63, 3.8) is 0 Å². The van der Waals surface area contributed by atoms with E-state index in [4.69, 9.17) is 21.7 Å². The van der Waals surface area contributed by atoms with E-state index in [0.717, 1.165) is 39.5 Å². The van der Waals surface area contributed by atoms with Gasteiger partial charge >= 0.3 is 0 Å². The Hall–Kier alpha value is -3.32. The molecule has 4 aromatic rings. The average molecular weight is 407 g/mol. The zero-order chi connectivity index (χ0) is 20.2. The van der Waals surface area contributed by atoms with E-state index in [1.807, 2.05) is 30.3 Å². The van der Waals surface area contributed by atoms with Gasteiger partial charge in [0.15, 0.2) is 10.6 Å². The van der Waals surface area contributed by atoms with E-state index < -0.39 is 0 Å². The summed E-state index contributed by atoms with van der Waals surface area (Å²) >= 11 is 5.29. The lowest BCUT2D eigenvalue weighted by Gasteiger charge is -2.24. The number of benzene rings is 2. The summed E-state index contributed by atoms with van der Waals surface area (Å²) < 4.78 is 11.1. The summed E-state index contributed by atoms with van der Waals surface area (Å²) in [4.78, 5) is 13.3. The molecular formula is C22H22N4O2S. The van der Waals surface area contributed by atoms with Crippen molar-refractivity contribution in [2.75, 3.05) is 19.1 Å². The molecule has 0 atom stereocenters. The molecule has 2 aromatic heterocycles. The summed E-state index contributed by atoms with van der Waals surface area (Å²) in [6, 6.07) is 18.1. The lowest BCUT2D eigenvalue weighted by molar-refractivity contribution is 0.414. The van der Waals surface area contributed by atoms with Gasteiger partial charge in [-0.3, -0.25) is 0 Å². The van der Waals surface area contributed by atoms with Crippen molar-refractivity contribution in [1.82, 2.24) is 15.0 Å². The highest BCUT2D eigenvalue weighted by Gasteiger charge is 2.15. The summed E-state index contributed by atoms with van der Waals surface area (Å²) in [7, 11) is 3.34. The highest BCUT2D eigenvalue weighted by Crippen LogP contribution is 2.26.